The molecule has 2 N–H and O–H groups in total. The van der Waals surface area contributed by atoms with Crippen molar-refractivity contribution < 1.29 is 8.42 Å². The highest BCUT2D eigenvalue weighted by atomic mass is 35.5. The highest BCUT2D eigenvalue weighted by molar-refractivity contribution is 7.92. The number of aryl methyl sites for hydroxylation is 1. The van der Waals surface area contributed by atoms with Gasteiger partial charge in [-0.05, 0) is 78.4 Å². The van der Waals surface area contributed by atoms with Crippen LogP contribution in [0.2, 0.25) is 10.0 Å². The molecule has 0 amide bonds. The monoisotopic (exact) mass is 484 g/mol. The number of sulfonamides is 1. The van der Waals surface area contributed by atoms with Gasteiger partial charge in [0.1, 0.15) is 0 Å². The van der Waals surface area contributed by atoms with E-state index in [4.69, 9.17) is 23.2 Å². The molecule has 5 rings (SSSR count). The van der Waals surface area contributed by atoms with E-state index in [2.05, 4.69) is 22.2 Å². The van der Waals surface area contributed by atoms with Crippen LogP contribution in [0.5, 0.6) is 0 Å². The third kappa shape index (κ3) is 3.90. The highest BCUT2D eigenvalue weighted by Crippen LogP contribution is 2.50. The Bertz CT molecular complexity index is 1340. The largest absolute Gasteiger partial charge is 0.378 e. The van der Waals surface area contributed by atoms with Gasteiger partial charge in [0.15, 0.2) is 0 Å². The van der Waals surface area contributed by atoms with E-state index in [9.17, 15) is 8.42 Å². The molecule has 0 bridgehead atoms. The second kappa shape index (κ2) is 8.14. The molecule has 0 aromatic heterocycles. The Hall–Kier alpha value is -2.47. The predicted molar refractivity (Wildman–Crippen MR) is 131 cm³/mol. The Morgan fingerprint density at radius 3 is 2.62 bits per heavy atom. The van der Waals surface area contributed by atoms with Crippen LogP contribution in [-0.2, 0) is 10.0 Å². The van der Waals surface area contributed by atoms with Crippen LogP contribution >= 0.6 is 23.2 Å². The van der Waals surface area contributed by atoms with E-state index in [1.165, 1.54) is 0 Å². The van der Waals surface area contributed by atoms with E-state index >= 15 is 0 Å². The van der Waals surface area contributed by atoms with Crippen molar-refractivity contribution in [2.75, 3.05) is 10.0 Å². The van der Waals surface area contributed by atoms with Gasteiger partial charge >= 0.3 is 0 Å². The molecule has 3 aromatic rings. The Balaban J connectivity index is 1.49. The number of hydrogen-bond acceptors (Lipinski definition) is 3. The van der Waals surface area contributed by atoms with E-state index in [0.717, 1.165) is 28.8 Å². The number of benzene rings is 3. The fraction of sp³-hybridized carbons (Fsp3) is 0.200. The van der Waals surface area contributed by atoms with E-state index in [1.807, 2.05) is 49.4 Å². The first kappa shape index (κ1) is 21.4. The van der Waals surface area contributed by atoms with Gasteiger partial charge in [0.05, 0.1) is 21.0 Å². The van der Waals surface area contributed by atoms with Gasteiger partial charge in [-0.3, -0.25) is 4.72 Å². The Labute approximate surface area is 198 Å². The zero-order valence-corrected chi connectivity index (χ0v) is 19.7. The molecule has 0 spiro atoms. The second-order valence-electron chi connectivity index (χ2n) is 8.37. The van der Waals surface area contributed by atoms with Crippen LogP contribution in [-0.4, -0.2) is 8.42 Å². The minimum Gasteiger partial charge on any atom is -0.378 e. The molecule has 3 unspecified atom stereocenters. The van der Waals surface area contributed by atoms with Crippen molar-refractivity contribution in [2.24, 2.45) is 5.92 Å². The lowest BCUT2D eigenvalue weighted by atomic mass is 9.77. The molecule has 4 nitrogen and oxygen atoms in total. The molecule has 7 heteroatoms. The number of hydrogen-bond donors (Lipinski definition) is 2. The van der Waals surface area contributed by atoms with Gasteiger partial charge in [-0.1, -0.05) is 53.6 Å². The van der Waals surface area contributed by atoms with Gasteiger partial charge in [0.2, 0.25) is 0 Å². The molecular weight excluding hydrogens is 463 g/mol. The standard InChI is InChI=1S/C25H22Cl2N2O2S/c1-15-4-2-5-17(12-15)29-32(30,31)18-9-11-24-21(14-18)19-6-3-7-20(19)25(28-24)16-8-10-22(26)23(27)13-16/h2-6,8-14,19-20,25,28-29H,7H2,1H3. The van der Waals surface area contributed by atoms with E-state index in [-0.39, 0.29) is 22.8 Å². The summed E-state index contributed by atoms with van der Waals surface area (Å²) in [5, 5.41) is 4.67. The Morgan fingerprint density at radius 1 is 1.00 bits per heavy atom. The molecule has 0 saturated heterocycles. The molecule has 3 atom stereocenters. The maximum absolute atomic E-state index is 13.1. The van der Waals surface area contributed by atoms with Gasteiger partial charge in [0.25, 0.3) is 10.0 Å². The summed E-state index contributed by atoms with van der Waals surface area (Å²) in [5.74, 6) is 0.391. The molecule has 1 heterocycles. The summed E-state index contributed by atoms with van der Waals surface area (Å²) >= 11 is 12.4. The average Bonchev–Trinajstić information content (AvgIpc) is 3.25. The number of fused-ring (bicyclic) bond motifs is 3. The molecule has 2 aliphatic rings. The third-order valence-electron chi connectivity index (χ3n) is 6.22. The Kier molecular flexibility index (Phi) is 5.44. The number of rotatable bonds is 4. The number of nitrogens with one attached hydrogen (secondary N) is 2. The lowest BCUT2D eigenvalue weighted by molar-refractivity contribution is 0.425. The normalized spacial score (nSPS) is 21.5. The summed E-state index contributed by atoms with van der Waals surface area (Å²) in [6.45, 7) is 1.93. The van der Waals surface area contributed by atoms with Crippen LogP contribution < -0.4 is 10.0 Å². The first-order chi connectivity index (χ1) is 15.3. The fourth-order valence-corrected chi connectivity index (χ4v) is 6.09. The van der Waals surface area contributed by atoms with Gasteiger partial charge in [-0.2, -0.15) is 0 Å². The van der Waals surface area contributed by atoms with Crippen molar-refractivity contribution in [3.63, 3.8) is 0 Å². The highest BCUT2D eigenvalue weighted by Gasteiger charge is 2.38. The summed E-state index contributed by atoms with van der Waals surface area (Å²) in [4.78, 5) is 0.256. The third-order valence-corrected chi connectivity index (χ3v) is 8.34. The summed E-state index contributed by atoms with van der Waals surface area (Å²) in [6, 6.07) is 18.4. The summed E-state index contributed by atoms with van der Waals surface area (Å²) in [7, 11) is -3.70. The smallest absolute Gasteiger partial charge is 0.261 e. The van der Waals surface area contributed by atoms with Gasteiger partial charge in [-0.15, -0.1) is 0 Å². The topological polar surface area (TPSA) is 58.2 Å². The number of anilines is 2. The van der Waals surface area contributed by atoms with E-state index in [0.29, 0.717) is 15.7 Å². The average molecular weight is 485 g/mol. The Morgan fingerprint density at radius 2 is 1.84 bits per heavy atom. The SMILES string of the molecule is Cc1cccc(NS(=O)(=O)c2ccc3c(c2)C2C=CCC2C(c2ccc(Cl)c(Cl)c2)N3)c1. The predicted octanol–water partition coefficient (Wildman–Crippen LogP) is 6.93. The van der Waals surface area contributed by atoms with Crippen LogP contribution in [0.4, 0.5) is 11.4 Å². The molecule has 32 heavy (non-hydrogen) atoms. The summed E-state index contributed by atoms with van der Waals surface area (Å²) in [5.41, 5.74) is 4.54. The summed E-state index contributed by atoms with van der Waals surface area (Å²) in [6.07, 6.45) is 5.25. The minimum absolute atomic E-state index is 0.0603. The second-order valence-corrected chi connectivity index (χ2v) is 10.9. The van der Waals surface area contributed by atoms with E-state index < -0.39 is 10.0 Å². The maximum atomic E-state index is 13.1. The molecule has 0 saturated carbocycles. The van der Waals surface area contributed by atoms with Crippen LogP contribution in [0.25, 0.3) is 0 Å². The first-order valence-corrected chi connectivity index (χ1v) is 12.7. The van der Waals surface area contributed by atoms with Gasteiger partial charge in [-0.25, -0.2) is 8.42 Å². The van der Waals surface area contributed by atoms with Gasteiger partial charge in [0, 0.05) is 17.3 Å². The minimum atomic E-state index is -3.70. The quantitative estimate of drug-likeness (QED) is 0.394. The van der Waals surface area contributed by atoms with Crippen LogP contribution in [0, 0.1) is 12.8 Å². The summed E-state index contributed by atoms with van der Waals surface area (Å²) < 4.78 is 28.8. The van der Waals surface area contributed by atoms with Crippen molar-refractivity contribution in [1.82, 2.24) is 0 Å². The number of halogens is 2. The molecule has 164 valence electrons. The molecule has 3 aromatic carbocycles. The van der Waals surface area contributed by atoms with Crippen LogP contribution in [0.15, 0.2) is 77.7 Å². The molecule has 0 radical (unpaired) electrons. The van der Waals surface area contributed by atoms with Crippen molar-refractivity contribution >= 4 is 44.6 Å². The number of allylic oxidation sites excluding steroid dienone is 2. The van der Waals surface area contributed by atoms with Crippen molar-refractivity contribution in [1.29, 1.82) is 0 Å². The lowest BCUT2D eigenvalue weighted by Crippen LogP contribution is -2.29. The van der Waals surface area contributed by atoms with E-state index in [1.54, 1.807) is 18.2 Å². The molecule has 1 aliphatic carbocycles. The van der Waals surface area contributed by atoms with Crippen molar-refractivity contribution in [3.05, 3.63) is 99.6 Å². The van der Waals surface area contributed by atoms with Crippen LogP contribution in [0.1, 0.15) is 35.1 Å². The van der Waals surface area contributed by atoms with Gasteiger partial charge < -0.3 is 5.32 Å². The van der Waals surface area contributed by atoms with Crippen molar-refractivity contribution in [2.45, 2.75) is 30.2 Å². The van der Waals surface area contributed by atoms with Crippen LogP contribution in [0.3, 0.4) is 0 Å². The lowest BCUT2D eigenvalue weighted by Gasteiger charge is -2.37. The molecule has 1 aliphatic heterocycles. The first-order valence-electron chi connectivity index (χ1n) is 10.4. The zero-order chi connectivity index (χ0) is 22.5. The fourth-order valence-electron chi connectivity index (χ4n) is 4.70. The zero-order valence-electron chi connectivity index (χ0n) is 17.3. The molecular formula is C25H22Cl2N2O2S. The maximum Gasteiger partial charge on any atom is 0.261 e. The molecule has 0 fully saturated rings. The van der Waals surface area contributed by atoms with Crippen molar-refractivity contribution in [3.8, 4) is 0 Å².